The highest BCUT2D eigenvalue weighted by Gasteiger charge is 2.08. The number of aryl methyl sites for hydroxylation is 1. The molecule has 2 heterocycles. The number of pyridine rings is 1. The second-order valence-corrected chi connectivity index (χ2v) is 5.26. The first kappa shape index (κ1) is 9.57. The summed E-state index contributed by atoms with van der Waals surface area (Å²) in [6.45, 7) is 0. The van der Waals surface area contributed by atoms with Crippen LogP contribution in [-0.2, 0) is 7.05 Å². The van der Waals surface area contributed by atoms with Crippen LogP contribution in [0.5, 0.6) is 0 Å². The third kappa shape index (κ3) is 2.04. The van der Waals surface area contributed by atoms with E-state index in [2.05, 4.69) is 4.98 Å². The zero-order chi connectivity index (χ0) is 12.7. The van der Waals surface area contributed by atoms with E-state index in [0.717, 1.165) is 25.8 Å². The van der Waals surface area contributed by atoms with E-state index in [9.17, 15) is 0 Å². The highest BCUT2D eigenvalue weighted by molar-refractivity contribution is 7.21. The van der Waals surface area contributed by atoms with Crippen LogP contribution in [0.25, 0.3) is 20.8 Å². The zero-order valence-electron chi connectivity index (χ0n) is 10.1. The van der Waals surface area contributed by atoms with Crippen LogP contribution in [0, 0.1) is 0 Å². The number of thiazole rings is 1. The minimum absolute atomic E-state index is 0.480. The van der Waals surface area contributed by atoms with Crippen molar-refractivity contribution in [3.8, 4) is 10.6 Å². The molecule has 0 radical (unpaired) electrons. The Hall–Kier alpha value is -1.45. The molecule has 0 unspecified atom stereocenters. The van der Waals surface area contributed by atoms with E-state index in [1.54, 1.807) is 15.9 Å². The molecule has 0 aliphatic carbocycles. The van der Waals surface area contributed by atoms with E-state index in [1.165, 1.54) is 0 Å². The van der Waals surface area contributed by atoms with E-state index in [0.29, 0.717) is 6.17 Å². The number of fused-ring (bicyclic) bond motifs is 1. The maximum absolute atomic E-state index is 7.77. The van der Waals surface area contributed by atoms with E-state index in [1.807, 2.05) is 43.6 Å². The summed E-state index contributed by atoms with van der Waals surface area (Å²) in [7, 11) is 1.85. The molecule has 0 saturated carbocycles. The van der Waals surface area contributed by atoms with Crippen LogP contribution in [0.1, 0.15) is 1.37 Å². The molecule has 0 fully saturated rings. The Bertz CT molecular complexity index is 683. The first-order valence-corrected chi connectivity index (χ1v) is 6.36. The summed E-state index contributed by atoms with van der Waals surface area (Å²) in [6.07, 6.45) is 2.36. The van der Waals surface area contributed by atoms with Crippen molar-refractivity contribution in [2.24, 2.45) is 7.05 Å². The predicted octanol–water partition coefficient (Wildman–Crippen LogP) is 3.44. The Kier molecular flexibility index (Phi) is 2.30. The third-order valence-electron chi connectivity index (χ3n) is 2.49. The van der Waals surface area contributed by atoms with Gasteiger partial charge in [-0.2, -0.15) is 0 Å². The summed E-state index contributed by atoms with van der Waals surface area (Å²) in [5.41, 5.74) is 1.97. The van der Waals surface area contributed by atoms with Gasteiger partial charge in [-0.05, 0) is 12.1 Å². The Morgan fingerprint density at radius 3 is 2.82 bits per heavy atom. The number of benzene rings is 1. The van der Waals surface area contributed by atoms with Crippen LogP contribution in [0.4, 0.5) is 0 Å². The summed E-state index contributed by atoms with van der Waals surface area (Å²) in [5.74, 6) is 0. The van der Waals surface area contributed by atoms with Gasteiger partial charge in [0.15, 0.2) is 12.4 Å². The van der Waals surface area contributed by atoms with Gasteiger partial charge in [-0.1, -0.05) is 23.7 Å². The maximum Gasteiger partial charge on any atom is 0.195 e. The number of nitrogens with zero attached hydrogens (tertiary/aromatic N) is 2. The normalized spacial score (nSPS) is 11.8. The Morgan fingerprint density at radius 1 is 1.29 bits per heavy atom. The van der Waals surface area contributed by atoms with Crippen molar-refractivity contribution in [3.05, 3.63) is 47.7 Å². The molecule has 17 heavy (non-hydrogen) atoms. The van der Waals surface area contributed by atoms with Crippen molar-refractivity contribution in [1.29, 1.82) is 0 Å². The predicted molar refractivity (Wildman–Crippen MR) is 71.2 cm³/mol. The summed E-state index contributed by atoms with van der Waals surface area (Å²) in [5, 5.41) is 1.67. The lowest BCUT2D eigenvalue weighted by Crippen LogP contribution is -2.25. The van der Waals surface area contributed by atoms with Gasteiger partial charge in [-0.25, -0.2) is 9.55 Å². The van der Waals surface area contributed by atoms with Crippen molar-refractivity contribution in [2.75, 3.05) is 0 Å². The van der Waals surface area contributed by atoms with Crippen LogP contribution in [-0.4, -0.2) is 4.98 Å². The fraction of sp³-hybridized carbons (Fsp3) is 0.0769. The van der Waals surface area contributed by atoms with Crippen molar-refractivity contribution in [2.45, 2.75) is 0 Å². The lowest BCUT2D eigenvalue weighted by Gasteiger charge is -1.94. The fourth-order valence-electron chi connectivity index (χ4n) is 1.64. The van der Waals surface area contributed by atoms with Crippen molar-refractivity contribution >= 4 is 33.2 Å². The molecule has 1 aromatic carbocycles. The molecule has 0 saturated heterocycles. The van der Waals surface area contributed by atoms with Crippen LogP contribution in [0.3, 0.4) is 0 Å². The number of hydrogen-bond acceptors (Lipinski definition) is 2. The topological polar surface area (TPSA) is 16.8 Å². The van der Waals surface area contributed by atoms with E-state index < -0.39 is 0 Å². The molecular weight excluding hydrogens is 252 g/mol. The Morgan fingerprint density at radius 2 is 2.06 bits per heavy atom. The van der Waals surface area contributed by atoms with Gasteiger partial charge in [0.2, 0.25) is 0 Å². The number of rotatable bonds is 1. The van der Waals surface area contributed by atoms with Gasteiger partial charge < -0.3 is 0 Å². The van der Waals surface area contributed by atoms with Gasteiger partial charge in [0.25, 0.3) is 0 Å². The Balaban J connectivity index is 2.16. The summed E-state index contributed by atoms with van der Waals surface area (Å²) < 4.78 is 10.6. The molecule has 0 aliphatic heterocycles. The Labute approximate surface area is 110 Å². The van der Waals surface area contributed by atoms with Crippen LogP contribution in [0.2, 0.25) is 5.02 Å². The molecular formula is C13H10ClN2S+. The molecule has 3 rings (SSSR count). The average molecular weight is 263 g/mol. The molecule has 3 aromatic rings. The molecule has 0 aliphatic rings. The molecule has 0 atom stereocenters. The number of hydrogen-bond donors (Lipinski definition) is 0. The average Bonchev–Trinajstić information content (AvgIpc) is 2.73. The fourth-order valence-corrected chi connectivity index (χ4v) is 2.68. The van der Waals surface area contributed by atoms with Gasteiger partial charge >= 0.3 is 0 Å². The quantitative estimate of drug-likeness (QED) is 0.614. The minimum atomic E-state index is 0.480. The lowest BCUT2D eigenvalue weighted by atomic mass is 10.2. The summed E-state index contributed by atoms with van der Waals surface area (Å²) >= 11 is 7.47. The lowest BCUT2D eigenvalue weighted by molar-refractivity contribution is -0.670. The minimum Gasteiger partial charge on any atom is -0.230 e. The van der Waals surface area contributed by atoms with Crippen molar-refractivity contribution in [3.63, 3.8) is 0 Å². The standard InChI is InChI=1S/C13H10ClN2S/c1-16-7-6-12-11(8-16)15-13(17-12)9-2-4-10(14)5-3-9/h2-8H,1H3/q+1/i7D. The van der Waals surface area contributed by atoms with E-state index >= 15 is 0 Å². The SMILES string of the molecule is [2H]c1cc2sc(-c3ccc(Cl)cc3)nc2c[n+]1C. The summed E-state index contributed by atoms with van der Waals surface area (Å²) in [6, 6.07) is 9.48. The van der Waals surface area contributed by atoms with Gasteiger partial charge in [0.05, 0.1) is 4.70 Å². The van der Waals surface area contributed by atoms with Gasteiger partial charge in [0, 0.05) is 16.7 Å². The van der Waals surface area contributed by atoms with Crippen LogP contribution < -0.4 is 4.57 Å². The molecule has 0 amide bonds. The first-order valence-electron chi connectivity index (χ1n) is 5.66. The highest BCUT2D eigenvalue weighted by atomic mass is 35.5. The van der Waals surface area contributed by atoms with Crippen molar-refractivity contribution in [1.82, 2.24) is 4.98 Å². The molecule has 84 valence electrons. The molecule has 0 bridgehead atoms. The molecule has 4 heteroatoms. The highest BCUT2D eigenvalue weighted by Crippen LogP contribution is 2.29. The summed E-state index contributed by atoms with van der Waals surface area (Å²) in [4.78, 5) is 4.59. The smallest absolute Gasteiger partial charge is 0.195 e. The first-order chi connectivity index (χ1) is 8.63. The molecule has 0 N–H and O–H groups in total. The van der Waals surface area contributed by atoms with Gasteiger partial charge in [0.1, 0.15) is 18.9 Å². The molecule has 0 spiro atoms. The third-order valence-corrected chi connectivity index (χ3v) is 3.81. The van der Waals surface area contributed by atoms with E-state index in [4.69, 9.17) is 13.0 Å². The monoisotopic (exact) mass is 262 g/mol. The van der Waals surface area contributed by atoms with Gasteiger partial charge in [-0.15, -0.1) is 11.3 Å². The van der Waals surface area contributed by atoms with Crippen molar-refractivity contribution < 1.29 is 5.94 Å². The largest absolute Gasteiger partial charge is 0.230 e. The van der Waals surface area contributed by atoms with Crippen LogP contribution in [0.15, 0.2) is 42.7 Å². The number of aromatic nitrogens is 2. The number of halogens is 1. The second kappa shape index (κ2) is 4.09. The molecule has 2 nitrogen and oxygen atoms in total. The molecule has 2 aromatic heterocycles. The van der Waals surface area contributed by atoms with E-state index in [-0.39, 0.29) is 0 Å². The van der Waals surface area contributed by atoms with Crippen LogP contribution >= 0.6 is 22.9 Å². The zero-order valence-corrected chi connectivity index (χ0v) is 10.7. The maximum atomic E-state index is 7.77. The van der Waals surface area contributed by atoms with Gasteiger partial charge in [-0.3, -0.25) is 0 Å². The second-order valence-electron chi connectivity index (χ2n) is 3.79.